The SMILES string of the molecule is COc1nc(-c2cccc(-c3cccc(-c4nc5cc6c(c(Cl)c5o4)CC[C@H]6N4CC[C@@H](C(=O)NS(=O)(=O)C5CC5)C4)c3Cl)c2C)cnc1CN1CC[C@@H](O)C1. The number of carbonyl (C=O) groups is 1. The van der Waals surface area contributed by atoms with Crippen molar-refractivity contribution in [3.63, 3.8) is 0 Å². The molecule has 0 radical (unpaired) electrons. The van der Waals surface area contributed by atoms with Crippen molar-refractivity contribution >= 4 is 50.2 Å². The second-order valence-electron chi connectivity index (χ2n) is 15.4. The average Bonchev–Trinajstić information content (AvgIpc) is 3.46. The Hall–Kier alpha value is -4.11. The van der Waals surface area contributed by atoms with Gasteiger partial charge in [0, 0.05) is 43.3 Å². The number of benzene rings is 3. The lowest BCUT2D eigenvalue weighted by molar-refractivity contribution is -0.122. The van der Waals surface area contributed by atoms with Crippen LogP contribution in [0.15, 0.2) is 53.1 Å². The lowest BCUT2D eigenvalue weighted by Gasteiger charge is -2.25. The molecule has 1 saturated carbocycles. The number of nitrogens with one attached hydrogen (secondary N) is 1. The molecule has 0 bridgehead atoms. The number of ether oxygens (including phenoxy) is 1. The molecule has 56 heavy (non-hydrogen) atoms. The van der Waals surface area contributed by atoms with Gasteiger partial charge in [-0.25, -0.2) is 18.4 Å². The van der Waals surface area contributed by atoms with Gasteiger partial charge >= 0.3 is 0 Å². The Labute approximate surface area is 335 Å². The van der Waals surface area contributed by atoms with Crippen molar-refractivity contribution in [2.45, 2.75) is 69.4 Å². The standard InChI is InChI=1S/C41H42Cl2N6O6S/c1-22-26(5-3-6-27(22)33-18-44-34(41(46-33)54-2)21-48-15-14-24(50)20-48)28-7-4-8-30(36(28)42)40-45-32-17-31-29(37(43)38(32)55-40)11-12-35(31)49-16-13-23(19-49)39(51)47-56(52,53)25-9-10-25/h3-8,17-18,23-25,35,50H,9-16,19-21H2,1-2H3,(H,47,51)/t23-,24-,35-/m1/s1. The predicted molar refractivity (Wildman–Crippen MR) is 214 cm³/mol. The molecule has 3 atom stereocenters. The molecule has 12 nitrogen and oxygen atoms in total. The molecule has 1 amide bonds. The van der Waals surface area contributed by atoms with Crippen LogP contribution in [0.3, 0.4) is 0 Å². The summed E-state index contributed by atoms with van der Waals surface area (Å²) in [5.41, 5.74) is 8.80. The Morgan fingerprint density at radius 2 is 1.75 bits per heavy atom. The number of fused-ring (bicyclic) bond motifs is 2. The van der Waals surface area contributed by atoms with E-state index in [9.17, 15) is 18.3 Å². The van der Waals surface area contributed by atoms with E-state index in [0.29, 0.717) is 89.6 Å². The smallest absolute Gasteiger partial charge is 0.237 e. The number of oxazole rings is 1. The van der Waals surface area contributed by atoms with Gasteiger partial charge in [-0.2, -0.15) is 0 Å². The normalized spacial score (nSPS) is 21.6. The van der Waals surface area contributed by atoms with E-state index in [0.717, 1.165) is 64.9 Å². The Morgan fingerprint density at radius 1 is 0.982 bits per heavy atom. The third-order valence-electron chi connectivity index (χ3n) is 11.8. The number of β-amino-alcohol motifs (C(OH)–C–C–N with tert-alkyl or cyclic N) is 1. The van der Waals surface area contributed by atoms with Gasteiger partial charge in [0.05, 0.1) is 51.9 Å². The fourth-order valence-corrected chi connectivity index (χ4v) is 10.6. The number of hydrogen-bond acceptors (Lipinski definition) is 11. The molecular formula is C41H42Cl2N6O6S. The molecule has 2 aliphatic heterocycles. The number of carbonyl (C=O) groups excluding carboxylic acids is 1. The first-order valence-corrected chi connectivity index (χ1v) is 21.4. The number of rotatable bonds is 10. The number of sulfonamides is 1. The van der Waals surface area contributed by atoms with Gasteiger partial charge in [0.1, 0.15) is 11.2 Å². The second kappa shape index (κ2) is 14.7. The molecule has 2 saturated heterocycles. The van der Waals surface area contributed by atoms with Crippen LogP contribution < -0.4 is 9.46 Å². The van der Waals surface area contributed by atoms with Gasteiger partial charge in [0.15, 0.2) is 5.58 Å². The number of nitrogens with zero attached hydrogens (tertiary/aromatic N) is 5. The molecule has 9 rings (SSSR count). The van der Waals surface area contributed by atoms with Crippen molar-refractivity contribution in [1.29, 1.82) is 0 Å². The first-order valence-electron chi connectivity index (χ1n) is 19.1. The van der Waals surface area contributed by atoms with Crippen LogP contribution in [0.1, 0.15) is 60.5 Å². The highest BCUT2D eigenvalue weighted by Crippen LogP contribution is 2.46. The van der Waals surface area contributed by atoms with Crippen molar-refractivity contribution < 1.29 is 27.5 Å². The van der Waals surface area contributed by atoms with Crippen LogP contribution in [0.4, 0.5) is 0 Å². The summed E-state index contributed by atoms with van der Waals surface area (Å²) >= 11 is 14.2. The largest absolute Gasteiger partial charge is 0.480 e. The maximum absolute atomic E-state index is 12.9. The Balaban J connectivity index is 0.975. The summed E-state index contributed by atoms with van der Waals surface area (Å²) in [6, 6.07) is 13.8. The number of halogens is 2. The minimum absolute atomic E-state index is 0.0343. The second-order valence-corrected chi connectivity index (χ2v) is 18.1. The number of methoxy groups -OCH3 is 1. The van der Waals surface area contributed by atoms with Crippen LogP contribution in [0, 0.1) is 12.8 Å². The average molecular weight is 818 g/mol. The molecule has 5 aromatic rings. The molecule has 292 valence electrons. The molecule has 3 fully saturated rings. The highest BCUT2D eigenvalue weighted by atomic mass is 35.5. The first-order chi connectivity index (χ1) is 27.0. The van der Waals surface area contributed by atoms with Gasteiger partial charge in [-0.05, 0) is 86.4 Å². The number of hydrogen-bond donors (Lipinski definition) is 2. The molecule has 2 aliphatic carbocycles. The lowest BCUT2D eigenvalue weighted by atomic mass is 9.94. The number of aromatic nitrogens is 3. The maximum atomic E-state index is 12.9. The third kappa shape index (κ3) is 6.86. The fourth-order valence-electron chi connectivity index (χ4n) is 8.61. The van der Waals surface area contributed by atoms with E-state index in [-0.39, 0.29) is 18.1 Å². The highest BCUT2D eigenvalue weighted by molar-refractivity contribution is 7.90. The fraction of sp³-hybridized carbons (Fsp3) is 0.415. The topological polar surface area (TPSA) is 151 Å². The summed E-state index contributed by atoms with van der Waals surface area (Å²) in [7, 11) is -1.99. The molecular weight excluding hydrogens is 775 g/mol. The predicted octanol–water partition coefficient (Wildman–Crippen LogP) is 6.73. The molecule has 4 aliphatic rings. The van der Waals surface area contributed by atoms with Crippen molar-refractivity contribution in [2.75, 3.05) is 33.3 Å². The van der Waals surface area contributed by atoms with E-state index in [4.69, 9.17) is 47.3 Å². The van der Waals surface area contributed by atoms with Crippen molar-refractivity contribution in [3.8, 4) is 39.7 Å². The molecule has 2 N–H and O–H groups in total. The van der Waals surface area contributed by atoms with Gasteiger partial charge in [-0.1, -0.05) is 53.5 Å². The molecule has 0 unspecified atom stereocenters. The summed E-state index contributed by atoms with van der Waals surface area (Å²) in [5.74, 6) is 0.0114. The van der Waals surface area contributed by atoms with Gasteiger partial charge in [-0.3, -0.25) is 24.3 Å². The zero-order chi connectivity index (χ0) is 38.9. The van der Waals surface area contributed by atoms with Crippen LogP contribution in [0.25, 0.3) is 44.9 Å². The minimum Gasteiger partial charge on any atom is -0.480 e. The van der Waals surface area contributed by atoms with Gasteiger partial charge in [0.2, 0.25) is 27.7 Å². The highest BCUT2D eigenvalue weighted by Gasteiger charge is 2.41. The molecule has 3 aromatic carbocycles. The molecule has 2 aromatic heterocycles. The van der Waals surface area contributed by atoms with Crippen LogP contribution in [0.2, 0.25) is 10.0 Å². The van der Waals surface area contributed by atoms with Crippen LogP contribution in [-0.4, -0.2) is 88.8 Å². The van der Waals surface area contributed by atoms with Gasteiger partial charge < -0.3 is 14.3 Å². The van der Waals surface area contributed by atoms with E-state index in [1.54, 1.807) is 13.3 Å². The van der Waals surface area contributed by atoms with E-state index < -0.39 is 21.2 Å². The molecule has 15 heteroatoms. The zero-order valence-electron chi connectivity index (χ0n) is 31.1. The van der Waals surface area contributed by atoms with Gasteiger partial charge in [0.25, 0.3) is 0 Å². The first kappa shape index (κ1) is 37.5. The Morgan fingerprint density at radius 3 is 2.50 bits per heavy atom. The maximum Gasteiger partial charge on any atom is 0.237 e. The Bertz CT molecular complexity index is 2490. The quantitative estimate of drug-likeness (QED) is 0.155. The number of aliphatic hydroxyl groups is 1. The summed E-state index contributed by atoms with van der Waals surface area (Å²) in [4.78, 5) is 31.8. The summed E-state index contributed by atoms with van der Waals surface area (Å²) in [6.45, 7) is 5.15. The summed E-state index contributed by atoms with van der Waals surface area (Å²) < 4.78 is 39.2. The minimum atomic E-state index is -3.58. The number of likely N-dealkylation sites (tertiary alicyclic amines) is 2. The Kier molecular flexibility index (Phi) is 9.82. The number of amides is 1. The van der Waals surface area contributed by atoms with Crippen molar-refractivity contribution in [1.82, 2.24) is 29.5 Å². The third-order valence-corrected chi connectivity index (χ3v) is 14.4. The van der Waals surface area contributed by atoms with E-state index in [1.165, 1.54) is 0 Å². The molecule has 4 heterocycles. The lowest BCUT2D eigenvalue weighted by Crippen LogP contribution is -2.38. The van der Waals surface area contributed by atoms with Crippen LogP contribution in [0.5, 0.6) is 5.88 Å². The van der Waals surface area contributed by atoms with Gasteiger partial charge in [-0.15, -0.1) is 0 Å². The van der Waals surface area contributed by atoms with Crippen LogP contribution in [-0.2, 0) is 27.8 Å². The monoisotopic (exact) mass is 816 g/mol. The van der Waals surface area contributed by atoms with Crippen molar-refractivity contribution in [2.24, 2.45) is 5.92 Å². The van der Waals surface area contributed by atoms with Crippen LogP contribution >= 0.6 is 23.2 Å². The number of aliphatic hydroxyl groups excluding tert-OH is 1. The summed E-state index contributed by atoms with van der Waals surface area (Å²) in [5, 5.41) is 10.5. The van der Waals surface area contributed by atoms with Crippen molar-refractivity contribution in [3.05, 3.63) is 81.1 Å². The zero-order valence-corrected chi connectivity index (χ0v) is 33.4. The van der Waals surface area contributed by atoms with E-state index in [1.807, 2.05) is 49.4 Å². The van der Waals surface area contributed by atoms with E-state index >= 15 is 0 Å². The summed E-state index contributed by atoms with van der Waals surface area (Å²) in [6.07, 6.45) is 5.59. The molecule has 0 spiro atoms. The van der Waals surface area contributed by atoms with E-state index in [2.05, 4.69) is 14.5 Å².